The zero-order valence-corrected chi connectivity index (χ0v) is 40.3. The Kier molecular flexibility index (Phi) is 10.6. The van der Waals surface area contributed by atoms with Crippen LogP contribution in [0.25, 0.3) is 76.6 Å². The van der Waals surface area contributed by atoms with E-state index in [1.54, 1.807) is 11.3 Å². The van der Waals surface area contributed by atoms with Gasteiger partial charge in [-0.25, -0.2) is 15.0 Å². The van der Waals surface area contributed by atoms with Gasteiger partial charge in [0, 0.05) is 36.9 Å². The van der Waals surface area contributed by atoms with Crippen LogP contribution in [-0.2, 0) is 10.8 Å². The van der Waals surface area contributed by atoms with Crippen molar-refractivity contribution < 1.29 is 0 Å². The van der Waals surface area contributed by atoms with Gasteiger partial charge in [-0.2, -0.15) is 5.26 Å². The van der Waals surface area contributed by atoms with Gasteiger partial charge in [-0.15, -0.1) is 11.3 Å². The molecule has 0 amide bonds. The quantitative estimate of drug-likeness (QED) is 0.160. The van der Waals surface area contributed by atoms with Gasteiger partial charge < -0.3 is 0 Å². The lowest BCUT2D eigenvalue weighted by molar-refractivity contribution is 0.0779. The summed E-state index contributed by atoms with van der Waals surface area (Å²) in [5, 5.41) is 12.1. The van der Waals surface area contributed by atoms with E-state index in [0.29, 0.717) is 23.0 Å². The lowest BCUT2D eigenvalue weighted by atomic mass is 9.54. The molecule has 0 N–H and O–H groups in total. The van der Waals surface area contributed by atoms with Gasteiger partial charge in [-0.3, -0.25) is 0 Å². The standard InChI is InChI=1S/C62H60N4S/c1-38-22-43-23-39(2)32-61(31-38,35-43)52-16-11-45(12-17-52)49-27-50(48-15-21-55-54-20-10-42(37-63)26-56(54)67-57(55)30-48)29-51(28-49)60-65-58(46-8-6-5-7-9-46)64-59(66-60)47-13-18-53(19-14-47)62-33-40(3)24-44(36-62)25-41(4)34-62/h5-21,26-30,38-41,43-44H,22-25,31-36H2,1-4H3/t38-,39+,40-,41+,43-,44-,61?,62?. The van der Waals surface area contributed by atoms with Crippen LogP contribution in [0, 0.1) is 46.8 Å². The van der Waals surface area contributed by atoms with Crippen LogP contribution in [0.5, 0.6) is 0 Å². The minimum Gasteiger partial charge on any atom is -0.208 e. The van der Waals surface area contributed by atoms with Crippen LogP contribution in [-0.4, -0.2) is 15.0 Å². The van der Waals surface area contributed by atoms with E-state index in [4.69, 9.17) is 15.0 Å². The first-order valence-electron chi connectivity index (χ1n) is 25.1. The van der Waals surface area contributed by atoms with E-state index >= 15 is 0 Å². The second kappa shape index (κ2) is 16.7. The first-order valence-corrected chi connectivity index (χ1v) is 25.9. The van der Waals surface area contributed by atoms with Crippen LogP contribution in [0.1, 0.15) is 109 Å². The summed E-state index contributed by atoms with van der Waals surface area (Å²) < 4.78 is 2.34. The minimum atomic E-state index is 0.261. The molecule has 4 saturated carbocycles. The SMILES string of the molecule is C[C@@H]1C[C@@H]2C[C@H](C)CC(c3ccc(-c4cc(-c5ccc6c(c5)sc5cc(C#N)ccc56)cc(-c5nc(-c6ccccc6)nc(-c6ccc(C78C[C@H](C)C[C@H](C[C@H](C)C7)C8)cc6)n5)c4)cc3)(C1)C2. The topological polar surface area (TPSA) is 62.5 Å². The van der Waals surface area contributed by atoms with Gasteiger partial charge in [0.15, 0.2) is 17.5 Å². The van der Waals surface area contributed by atoms with Gasteiger partial charge in [0.25, 0.3) is 0 Å². The zero-order chi connectivity index (χ0) is 45.4. The highest BCUT2D eigenvalue weighted by atomic mass is 32.1. The van der Waals surface area contributed by atoms with Crippen LogP contribution < -0.4 is 0 Å². The second-order valence-corrected chi connectivity index (χ2v) is 23.2. The Hall–Kier alpha value is -5.96. The molecule has 4 fully saturated rings. The Labute approximate surface area is 400 Å². The second-order valence-electron chi connectivity index (χ2n) is 22.1. The monoisotopic (exact) mass is 892 g/mol. The molecular formula is C62H60N4S. The molecule has 4 aliphatic rings. The number of aromatic nitrogens is 3. The van der Waals surface area contributed by atoms with Gasteiger partial charge in [0.05, 0.1) is 11.6 Å². The fraction of sp³-hybridized carbons (Fsp3) is 0.355. The number of nitrogens with zero attached hydrogens (tertiary/aromatic N) is 4. The molecule has 12 rings (SSSR count). The molecule has 0 saturated heterocycles. The highest BCUT2D eigenvalue weighted by Crippen LogP contribution is 2.56. The summed E-state index contributed by atoms with van der Waals surface area (Å²) in [6.07, 6.45) is 13.3. The predicted molar refractivity (Wildman–Crippen MR) is 278 cm³/mol. The third-order valence-electron chi connectivity index (χ3n) is 16.6. The molecule has 334 valence electrons. The maximum Gasteiger partial charge on any atom is 0.164 e. The molecule has 0 radical (unpaired) electrons. The number of hydrogen-bond donors (Lipinski definition) is 0. The van der Waals surface area contributed by atoms with Gasteiger partial charge >= 0.3 is 0 Å². The Morgan fingerprint density at radius 1 is 0.433 bits per heavy atom. The summed E-state index contributed by atoms with van der Waals surface area (Å²) in [5.74, 6) is 6.77. The summed E-state index contributed by atoms with van der Waals surface area (Å²) in [7, 11) is 0. The molecule has 4 aliphatic carbocycles. The maximum absolute atomic E-state index is 9.65. The van der Waals surface area contributed by atoms with Crippen molar-refractivity contribution in [2.45, 2.75) is 103 Å². The van der Waals surface area contributed by atoms with Crippen molar-refractivity contribution in [2.75, 3.05) is 0 Å². The van der Waals surface area contributed by atoms with Crippen molar-refractivity contribution in [3.05, 3.63) is 150 Å². The van der Waals surface area contributed by atoms with Gasteiger partial charge in [0.2, 0.25) is 0 Å². The van der Waals surface area contributed by atoms with E-state index in [1.807, 2.05) is 18.2 Å². The molecule has 0 aliphatic heterocycles. The first-order chi connectivity index (χ1) is 32.6. The van der Waals surface area contributed by atoms with Crippen LogP contribution in [0.4, 0.5) is 0 Å². The molecule has 4 nitrogen and oxygen atoms in total. The summed E-state index contributed by atoms with van der Waals surface area (Å²) in [6, 6.07) is 51.4. The largest absolute Gasteiger partial charge is 0.208 e. The third kappa shape index (κ3) is 7.90. The summed E-state index contributed by atoms with van der Waals surface area (Å²) in [5.41, 5.74) is 11.8. The van der Waals surface area contributed by atoms with Crippen molar-refractivity contribution in [3.63, 3.8) is 0 Å². The van der Waals surface area contributed by atoms with Crippen molar-refractivity contribution in [3.8, 4) is 62.5 Å². The van der Waals surface area contributed by atoms with Crippen molar-refractivity contribution >= 4 is 31.5 Å². The third-order valence-corrected chi connectivity index (χ3v) is 17.8. The number of fused-ring (bicyclic) bond motifs is 7. The molecule has 67 heavy (non-hydrogen) atoms. The maximum atomic E-state index is 9.65. The molecular weight excluding hydrogens is 833 g/mol. The highest BCUT2D eigenvalue weighted by molar-refractivity contribution is 7.25. The predicted octanol–water partition coefficient (Wildman–Crippen LogP) is 16.7. The average molecular weight is 893 g/mol. The number of nitriles is 1. The van der Waals surface area contributed by atoms with E-state index in [-0.39, 0.29) is 10.8 Å². The van der Waals surface area contributed by atoms with Crippen LogP contribution >= 0.6 is 11.3 Å². The molecule has 0 spiro atoms. The van der Waals surface area contributed by atoms with Crippen LogP contribution in [0.15, 0.2) is 133 Å². The fourth-order valence-electron chi connectivity index (χ4n) is 14.6. The number of hydrogen-bond acceptors (Lipinski definition) is 5. The first kappa shape index (κ1) is 42.4. The van der Waals surface area contributed by atoms with E-state index in [9.17, 15) is 5.26 Å². The number of thiophene rings is 1. The van der Waals surface area contributed by atoms with E-state index in [2.05, 4.69) is 149 Å². The van der Waals surface area contributed by atoms with E-state index in [1.165, 1.54) is 96.4 Å². The summed E-state index contributed by atoms with van der Waals surface area (Å²) in [4.78, 5) is 15.9. The molecule has 4 bridgehead atoms. The minimum absolute atomic E-state index is 0.261. The van der Waals surface area contributed by atoms with Crippen LogP contribution in [0.3, 0.4) is 0 Å². The number of benzene rings is 6. The molecule has 8 atom stereocenters. The average Bonchev–Trinajstić information content (AvgIpc) is 3.70. The number of rotatable bonds is 7. The Bertz CT molecular complexity index is 3160. The molecule has 2 aromatic heterocycles. The van der Waals surface area contributed by atoms with Crippen molar-refractivity contribution in [2.24, 2.45) is 35.5 Å². The smallest absolute Gasteiger partial charge is 0.164 e. The summed E-state index contributed by atoms with van der Waals surface area (Å²) in [6.45, 7) is 9.89. The molecule has 8 aromatic rings. The van der Waals surface area contributed by atoms with Crippen molar-refractivity contribution in [1.29, 1.82) is 5.26 Å². The molecule has 2 unspecified atom stereocenters. The molecule has 5 heteroatoms. The zero-order valence-electron chi connectivity index (χ0n) is 39.4. The Balaban J connectivity index is 0.983. The Morgan fingerprint density at radius 2 is 0.866 bits per heavy atom. The van der Waals surface area contributed by atoms with E-state index < -0.39 is 0 Å². The van der Waals surface area contributed by atoms with Gasteiger partial charge in [0.1, 0.15) is 0 Å². The highest BCUT2D eigenvalue weighted by Gasteiger charge is 2.46. The normalized spacial score (nSPS) is 26.9. The van der Waals surface area contributed by atoms with Gasteiger partial charge in [-0.1, -0.05) is 125 Å². The fourth-order valence-corrected chi connectivity index (χ4v) is 15.8. The lowest BCUT2D eigenvalue weighted by Crippen LogP contribution is -2.42. The lowest BCUT2D eigenvalue weighted by Gasteiger charge is -2.50. The van der Waals surface area contributed by atoms with Crippen LogP contribution in [0.2, 0.25) is 0 Å². The molecule has 6 aromatic carbocycles. The Morgan fingerprint density at radius 3 is 1.40 bits per heavy atom. The van der Waals surface area contributed by atoms with Crippen molar-refractivity contribution in [1.82, 2.24) is 15.0 Å². The summed E-state index contributed by atoms with van der Waals surface area (Å²) >= 11 is 1.75. The van der Waals surface area contributed by atoms with Gasteiger partial charge in [-0.05, 0) is 180 Å². The molecule has 2 heterocycles. The van der Waals surface area contributed by atoms with E-state index in [0.717, 1.165) is 73.6 Å².